The van der Waals surface area contributed by atoms with E-state index < -0.39 is 10.0 Å². The van der Waals surface area contributed by atoms with Gasteiger partial charge in [-0.25, -0.2) is 8.42 Å². The van der Waals surface area contributed by atoms with Crippen molar-refractivity contribution >= 4 is 27.5 Å². The highest BCUT2D eigenvalue weighted by Gasteiger charge is 2.27. The summed E-state index contributed by atoms with van der Waals surface area (Å²) in [5.41, 5.74) is 1.80. The van der Waals surface area contributed by atoms with Crippen LogP contribution in [0.4, 0.5) is 5.69 Å². The predicted molar refractivity (Wildman–Crippen MR) is 124 cm³/mol. The molecule has 2 fully saturated rings. The molecule has 2 amide bonds. The van der Waals surface area contributed by atoms with Gasteiger partial charge >= 0.3 is 0 Å². The summed E-state index contributed by atoms with van der Waals surface area (Å²) in [6, 6.07) is 13.1. The second kappa shape index (κ2) is 10.0. The van der Waals surface area contributed by atoms with Gasteiger partial charge in [0.15, 0.2) is 0 Å². The zero-order chi connectivity index (χ0) is 23.4. The molecule has 2 N–H and O–H groups in total. The Morgan fingerprint density at radius 2 is 1.52 bits per heavy atom. The van der Waals surface area contributed by atoms with Gasteiger partial charge in [0.1, 0.15) is 0 Å². The van der Waals surface area contributed by atoms with E-state index >= 15 is 0 Å². The average molecular weight is 472 g/mol. The van der Waals surface area contributed by atoms with Crippen LogP contribution in [0.5, 0.6) is 0 Å². The van der Waals surface area contributed by atoms with E-state index in [4.69, 9.17) is 0 Å². The SMILES string of the molecule is O=C(Nc1ccc(CC(=O)N2CCC(O)CC2)cc1)c1ccc(S(=O)(=O)N2CCCC2)cc1. The van der Waals surface area contributed by atoms with Gasteiger partial charge in [-0.2, -0.15) is 4.31 Å². The molecule has 2 aromatic rings. The smallest absolute Gasteiger partial charge is 0.255 e. The molecule has 2 aliphatic rings. The summed E-state index contributed by atoms with van der Waals surface area (Å²) in [4.78, 5) is 27.0. The Morgan fingerprint density at radius 1 is 0.909 bits per heavy atom. The zero-order valence-electron chi connectivity index (χ0n) is 18.4. The van der Waals surface area contributed by atoms with Crippen molar-refractivity contribution in [1.82, 2.24) is 9.21 Å². The standard InChI is InChI=1S/C24H29N3O5S/c28-21-11-15-26(16-12-21)23(29)17-18-3-7-20(8-4-18)25-24(30)19-5-9-22(10-6-19)33(31,32)27-13-1-2-14-27/h3-10,21,28H,1-2,11-17H2,(H,25,30). The Balaban J connectivity index is 1.33. The van der Waals surface area contributed by atoms with Gasteiger partial charge in [-0.1, -0.05) is 12.1 Å². The highest BCUT2D eigenvalue weighted by molar-refractivity contribution is 7.89. The van der Waals surface area contributed by atoms with Gasteiger partial charge in [0.25, 0.3) is 5.91 Å². The number of carbonyl (C=O) groups excluding carboxylic acids is 2. The second-order valence-corrected chi connectivity index (χ2v) is 10.5. The van der Waals surface area contributed by atoms with E-state index in [9.17, 15) is 23.1 Å². The lowest BCUT2D eigenvalue weighted by molar-refractivity contribution is -0.132. The molecule has 0 aliphatic carbocycles. The number of rotatable bonds is 6. The molecular weight excluding hydrogens is 442 g/mol. The molecule has 0 atom stereocenters. The quantitative estimate of drug-likeness (QED) is 0.672. The summed E-state index contributed by atoms with van der Waals surface area (Å²) in [6.45, 7) is 2.22. The summed E-state index contributed by atoms with van der Waals surface area (Å²) in [5, 5.41) is 12.4. The van der Waals surface area contributed by atoms with Crippen molar-refractivity contribution < 1.29 is 23.1 Å². The van der Waals surface area contributed by atoms with Crippen LogP contribution in [0.1, 0.15) is 41.6 Å². The van der Waals surface area contributed by atoms with E-state index in [2.05, 4.69) is 5.32 Å². The Hall–Kier alpha value is -2.75. The van der Waals surface area contributed by atoms with Crippen molar-refractivity contribution in [1.29, 1.82) is 0 Å². The zero-order valence-corrected chi connectivity index (χ0v) is 19.3. The molecular formula is C24H29N3O5S. The third kappa shape index (κ3) is 5.61. The first-order valence-electron chi connectivity index (χ1n) is 11.3. The number of sulfonamides is 1. The topological polar surface area (TPSA) is 107 Å². The number of nitrogens with zero attached hydrogens (tertiary/aromatic N) is 2. The first-order chi connectivity index (χ1) is 15.8. The molecule has 2 saturated heterocycles. The highest BCUT2D eigenvalue weighted by atomic mass is 32.2. The maximum absolute atomic E-state index is 12.6. The van der Waals surface area contributed by atoms with Gasteiger partial charge in [0.05, 0.1) is 17.4 Å². The fourth-order valence-electron chi connectivity index (χ4n) is 4.17. The number of hydrogen-bond donors (Lipinski definition) is 2. The van der Waals surface area contributed by atoms with Gasteiger partial charge in [-0.05, 0) is 67.6 Å². The largest absolute Gasteiger partial charge is 0.393 e. The van der Waals surface area contributed by atoms with Crippen LogP contribution < -0.4 is 5.32 Å². The molecule has 0 spiro atoms. The van der Waals surface area contributed by atoms with Crippen LogP contribution in [0.3, 0.4) is 0 Å². The molecule has 2 aromatic carbocycles. The van der Waals surface area contributed by atoms with Crippen molar-refractivity contribution in [2.45, 2.75) is 43.1 Å². The Morgan fingerprint density at radius 3 is 2.12 bits per heavy atom. The molecule has 33 heavy (non-hydrogen) atoms. The lowest BCUT2D eigenvalue weighted by atomic mass is 10.1. The normalized spacial score (nSPS) is 17.8. The number of likely N-dealkylation sites (tertiary alicyclic amines) is 1. The molecule has 4 rings (SSSR count). The first-order valence-corrected chi connectivity index (χ1v) is 12.7. The van der Waals surface area contributed by atoms with Gasteiger partial charge in [0.2, 0.25) is 15.9 Å². The van der Waals surface area contributed by atoms with Crippen LogP contribution in [0, 0.1) is 0 Å². The molecule has 0 bridgehead atoms. The van der Waals surface area contributed by atoms with Gasteiger partial charge in [0, 0.05) is 37.4 Å². The minimum atomic E-state index is -3.51. The third-order valence-electron chi connectivity index (χ3n) is 6.20. The third-order valence-corrected chi connectivity index (χ3v) is 8.12. The number of aliphatic hydroxyl groups excluding tert-OH is 1. The van der Waals surface area contributed by atoms with E-state index in [1.807, 2.05) is 0 Å². The van der Waals surface area contributed by atoms with E-state index in [1.165, 1.54) is 28.6 Å². The van der Waals surface area contributed by atoms with E-state index in [1.54, 1.807) is 29.2 Å². The fraction of sp³-hybridized carbons (Fsp3) is 0.417. The van der Waals surface area contributed by atoms with Crippen LogP contribution in [0.25, 0.3) is 0 Å². The molecule has 9 heteroatoms. The molecule has 8 nitrogen and oxygen atoms in total. The lowest BCUT2D eigenvalue weighted by Crippen LogP contribution is -2.40. The van der Waals surface area contributed by atoms with E-state index in [0.717, 1.165) is 18.4 Å². The number of piperidine rings is 1. The average Bonchev–Trinajstić information content (AvgIpc) is 3.37. The number of hydrogen-bond acceptors (Lipinski definition) is 5. The maximum atomic E-state index is 12.6. The molecule has 2 heterocycles. The van der Waals surface area contributed by atoms with Crippen molar-refractivity contribution in [3.63, 3.8) is 0 Å². The first kappa shape index (κ1) is 23.4. The minimum absolute atomic E-state index is 0.0302. The summed E-state index contributed by atoms with van der Waals surface area (Å²) < 4.78 is 26.7. The molecule has 176 valence electrons. The summed E-state index contributed by atoms with van der Waals surface area (Å²) in [7, 11) is -3.51. The fourth-order valence-corrected chi connectivity index (χ4v) is 5.68. The minimum Gasteiger partial charge on any atom is -0.393 e. The molecule has 0 radical (unpaired) electrons. The molecule has 0 unspecified atom stereocenters. The van der Waals surface area contributed by atoms with E-state index in [0.29, 0.717) is 50.3 Å². The number of amides is 2. The molecule has 2 aliphatic heterocycles. The second-order valence-electron chi connectivity index (χ2n) is 8.58. The van der Waals surface area contributed by atoms with E-state index in [-0.39, 0.29) is 29.2 Å². The number of carbonyl (C=O) groups is 2. The summed E-state index contributed by atoms with van der Waals surface area (Å²) in [5.74, 6) is -0.307. The number of aliphatic hydroxyl groups is 1. The van der Waals surface area contributed by atoms with Crippen molar-refractivity contribution in [3.8, 4) is 0 Å². The lowest BCUT2D eigenvalue weighted by Gasteiger charge is -2.29. The number of anilines is 1. The number of nitrogens with one attached hydrogen (secondary N) is 1. The van der Waals surface area contributed by atoms with Crippen LogP contribution in [-0.4, -0.2) is 66.8 Å². The maximum Gasteiger partial charge on any atom is 0.255 e. The van der Waals surface area contributed by atoms with Crippen molar-refractivity contribution in [2.24, 2.45) is 0 Å². The van der Waals surface area contributed by atoms with Gasteiger partial charge < -0.3 is 15.3 Å². The number of benzene rings is 2. The van der Waals surface area contributed by atoms with Crippen molar-refractivity contribution in [2.75, 3.05) is 31.5 Å². The van der Waals surface area contributed by atoms with Crippen LogP contribution in [0.2, 0.25) is 0 Å². The highest BCUT2D eigenvalue weighted by Crippen LogP contribution is 2.21. The van der Waals surface area contributed by atoms with Crippen molar-refractivity contribution in [3.05, 3.63) is 59.7 Å². The summed E-state index contributed by atoms with van der Waals surface area (Å²) in [6.07, 6.45) is 2.92. The Kier molecular flexibility index (Phi) is 7.11. The van der Waals surface area contributed by atoms with Crippen LogP contribution in [-0.2, 0) is 21.2 Å². The Labute approximate surface area is 194 Å². The summed E-state index contributed by atoms with van der Waals surface area (Å²) >= 11 is 0. The van der Waals surface area contributed by atoms with Gasteiger partial charge in [-0.3, -0.25) is 9.59 Å². The molecule has 0 aromatic heterocycles. The molecule has 0 saturated carbocycles. The predicted octanol–water partition coefficient (Wildman–Crippen LogP) is 2.25. The van der Waals surface area contributed by atoms with Crippen LogP contribution >= 0.6 is 0 Å². The van der Waals surface area contributed by atoms with Gasteiger partial charge in [-0.15, -0.1) is 0 Å². The Bertz CT molecular complexity index is 1090. The monoisotopic (exact) mass is 471 g/mol. The van der Waals surface area contributed by atoms with Crippen LogP contribution in [0.15, 0.2) is 53.4 Å².